The number of benzene rings is 8. The van der Waals surface area contributed by atoms with Crippen LogP contribution in [0.25, 0.3) is 0 Å². The number of hydrogen-bond donors (Lipinski definition) is 0. The Kier molecular flexibility index (Phi) is 13.0. The van der Waals surface area contributed by atoms with Gasteiger partial charge in [-0.05, 0) is 176 Å². The molecule has 16 rings (SSSR count). The molecule has 0 saturated heterocycles. The summed E-state index contributed by atoms with van der Waals surface area (Å²) in [5.74, 6) is 2.99. The Balaban J connectivity index is 0.845. The van der Waals surface area contributed by atoms with E-state index < -0.39 is 0 Å². The molecule has 0 unspecified atom stereocenters. The molecule has 2 spiro atoms. The first-order chi connectivity index (χ1) is 43.3. The van der Waals surface area contributed by atoms with E-state index in [2.05, 4.69) is 239 Å². The molecule has 0 fully saturated rings. The van der Waals surface area contributed by atoms with Crippen LogP contribution in [-0.4, -0.2) is 50.0 Å². The molecule has 8 nitrogen and oxygen atoms in total. The Morgan fingerprint density at radius 2 is 0.567 bits per heavy atom. The average Bonchev–Trinajstić information content (AvgIpc) is 1.52. The molecule has 8 aliphatic rings. The van der Waals surface area contributed by atoms with Gasteiger partial charge in [-0.3, -0.25) is 0 Å². The number of nitrogens with zero attached hydrogens (tertiary/aromatic N) is 4. The third kappa shape index (κ3) is 9.10. The van der Waals surface area contributed by atoms with Gasteiger partial charge in [-0.1, -0.05) is 212 Å². The van der Waals surface area contributed by atoms with Crippen LogP contribution >= 0.6 is 0 Å². The second-order valence-corrected chi connectivity index (χ2v) is 30.2. The number of aryl methyl sites for hydroxylation is 4. The molecule has 8 heteroatoms. The third-order valence-corrected chi connectivity index (χ3v) is 21.7. The van der Waals surface area contributed by atoms with Gasteiger partial charge in [0.25, 0.3) is 0 Å². The molecule has 0 radical (unpaired) electrons. The average molecular weight is 1190 g/mol. The second kappa shape index (κ2) is 20.6. The minimum atomic E-state index is -0.371. The van der Waals surface area contributed by atoms with Crippen LogP contribution in [0.4, 0.5) is 0 Å². The summed E-state index contributed by atoms with van der Waals surface area (Å²) in [6.45, 7) is 26.2. The van der Waals surface area contributed by atoms with Crippen molar-refractivity contribution < 1.29 is 18.9 Å². The molecule has 4 aliphatic heterocycles. The monoisotopic (exact) mass is 1190 g/mol. The molecular weight excluding hydrogens is 1100 g/mol. The zero-order valence-corrected chi connectivity index (χ0v) is 54.0. The lowest BCUT2D eigenvalue weighted by molar-refractivity contribution is 0.316. The van der Waals surface area contributed by atoms with Gasteiger partial charge in [0.15, 0.2) is 0 Å². The Morgan fingerprint density at radius 3 is 0.833 bits per heavy atom. The summed E-state index contributed by atoms with van der Waals surface area (Å²) in [6.07, 6.45) is 5.41. The molecule has 8 aromatic carbocycles. The number of aliphatic imine (C=N–C) groups is 4. The van der Waals surface area contributed by atoms with E-state index in [-0.39, 0.29) is 56.7 Å². The maximum Gasteiger partial charge on any atom is 0.217 e. The molecular formula is C82H82N4O4. The van der Waals surface area contributed by atoms with Crippen molar-refractivity contribution in [3.63, 3.8) is 0 Å². The van der Waals surface area contributed by atoms with Crippen molar-refractivity contribution in [3.05, 3.63) is 281 Å². The van der Waals surface area contributed by atoms with E-state index in [1.165, 1.54) is 89.0 Å². The minimum absolute atomic E-state index is 0.0622. The van der Waals surface area contributed by atoms with Gasteiger partial charge in [0.05, 0.1) is 0 Å². The summed E-state index contributed by atoms with van der Waals surface area (Å²) in [7, 11) is 0. The van der Waals surface area contributed by atoms with E-state index in [0.29, 0.717) is 26.4 Å². The van der Waals surface area contributed by atoms with Crippen LogP contribution in [-0.2, 0) is 64.3 Å². The highest BCUT2D eigenvalue weighted by molar-refractivity contribution is 6.03. The van der Waals surface area contributed by atoms with E-state index in [0.717, 1.165) is 84.4 Å². The van der Waals surface area contributed by atoms with Crippen molar-refractivity contribution in [3.8, 4) is 0 Å². The van der Waals surface area contributed by atoms with Crippen LogP contribution in [0.1, 0.15) is 217 Å². The van der Waals surface area contributed by atoms with Crippen LogP contribution in [0.15, 0.2) is 190 Å². The number of ether oxygens (including phenoxy) is 4. The molecule has 6 atom stereocenters. The lowest BCUT2D eigenvalue weighted by Gasteiger charge is -2.33. The highest BCUT2D eigenvalue weighted by atomic mass is 16.5. The van der Waals surface area contributed by atoms with Crippen LogP contribution in [0.5, 0.6) is 0 Å². The first-order valence-corrected chi connectivity index (χ1v) is 33.0. The third-order valence-electron chi connectivity index (χ3n) is 21.7. The van der Waals surface area contributed by atoms with Gasteiger partial charge in [0.1, 0.15) is 50.6 Å². The number of fused-ring (bicyclic) bond motifs is 8. The Morgan fingerprint density at radius 1 is 0.322 bits per heavy atom. The largest absolute Gasteiger partial charge is 0.475 e. The number of rotatable bonds is 11. The van der Waals surface area contributed by atoms with Crippen LogP contribution in [0, 0.1) is 13.8 Å². The van der Waals surface area contributed by atoms with Crippen molar-refractivity contribution >= 4 is 23.6 Å². The Bertz CT molecular complexity index is 4090. The predicted octanol–water partition coefficient (Wildman–Crippen LogP) is 17.5. The normalized spacial score (nSPS) is 25.6. The van der Waals surface area contributed by atoms with E-state index >= 15 is 0 Å². The summed E-state index contributed by atoms with van der Waals surface area (Å²) < 4.78 is 27.5. The van der Waals surface area contributed by atoms with Gasteiger partial charge < -0.3 is 18.9 Å². The van der Waals surface area contributed by atoms with Gasteiger partial charge in [0, 0.05) is 33.1 Å². The van der Waals surface area contributed by atoms with E-state index in [4.69, 9.17) is 38.9 Å². The summed E-state index contributed by atoms with van der Waals surface area (Å²) in [4.78, 5) is 22.0. The SMILES string of the molecule is Cc1cc(C2=N[C@@H](c3ccccc3)CO2)c2c(c1)C(C)(C)C[C@]21CC(C)(C)c2cc(CCc3cc(C4=N[C@@H](c5ccccc5)CO4)c4c(c3)C(C)(C)C[C@@]43CC(C)(C)c4cc(C)cc(C5=N[C@@H](c6ccccc6)CO5)c43)cc(C3=N[C@@H](c4ccccc4)CO3)c21. The molecule has 0 saturated carbocycles. The summed E-state index contributed by atoms with van der Waals surface area (Å²) in [5, 5.41) is 0. The molecule has 0 amide bonds. The highest BCUT2D eigenvalue weighted by Crippen LogP contribution is 2.67. The van der Waals surface area contributed by atoms with Gasteiger partial charge in [-0.15, -0.1) is 0 Å². The molecule has 4 aliphatic carbocycles. The molecule has 454 valence electrons. The van der Waals surface area contributed by atoms with Crippen molar-refractivity contribution in [2.75, 3.05) is 26.4 Å². The fraction of sp³-hybridized carbons (Fsp3) is 0.366. The smallest absolute Gasteiger partial charge is 0.217 e. The van der Waals surface area contributed by atoms with E-state index in [9.17, 15) is 0 Å². The second-order valence-electron chi connectivity index (χ2n) is 30.2. The molecule has 0 N–H and O–H groups in total. The lowest BCUT2D eigenvalue weighted by Crippen LogP contribution is -2.30. The fourth-order valence-corrected chi connectivity index (χ4v) is 18.4. The van der Waals surface area contributed by atoms with E-state index in [1.54, 1.807) is 0 Å². The molecule has 4 heterocycles. The van der Waals surface area contributed by atoms with E-state index in [1.807, 2.05) is 0 Å². The summed E-state index contributed by atoms with van der Waals surface area (Å²) in [6, 6.07) is 62.0. The van der Waals surface area contributed by atoms with Gasteiger partial charge in [-0.2, -0.15) is 0 Å². The predicted molar refractivity (Wildman–Crippen MR) is 361 cm³/mol. The summed E-state index contributed by atoms with van der Waals surface area (Å²) >= 11 is 0. The zero-order chi connectivity index (χ0) is 61.7. The zero-order valence-electron chi connectivity index (χ0n) is 54.0. The van der Waals surface area contributed by atoms with Crippen molar-refractivity contribution in [1.82, 2.24) is 0 Å². The Hall–Kier alpha value is -8.36. The lowest BCUT2D eigenvalue weighted by atomic mass is 9.70. The maximum absolute atomic E-state index is 6.98. The van der Waals surface area contributed by atoms with Crippen LogP contribution in [0.2, 0.25) is 0 Å². The van der Waals surface area contributed by atoms with Crippen molar-refractivity contribution in [2.24, 2.45) is 20.0 Å². The van der Waals surface area contributed by atoms with Crippen LogP contribution < -0.4 is 0 Å². The fourth-order valence-electron chi connectivity index (χ4n) is 18.4. The van der Waals surface area contributed by atoms with Gasteiger partial charge >= 0.3 is 0 Å². The number of hydrogen-bond acceptors (Lipinski definition) is 8. The topological polar surface area (TPSA) is 86.4 Å². The van der Waals surface area contributed by atoms with Crippen molar-refractivity contribution in [1.29, 1.82) is 0 Å². The van der Waals surface area contributed by atoms with Gasteiger partial charge in [0.2, 0.25) is 23.6 Å². The first kappa shape index (κ1) is 56.8. The first-order valence-electron chi connectivity index (χ1n) is 33.0. The Labute approximate surface area is 531 Å². The van der Waals surface area contributed by atoms with Gasteiger partial charge in [-0.25, -0.2) is 20.0 Å². The molecule has 0 bridgehead atoms. The summed E-state index contributed by atoms with van der Waals surface area (Å²) in [5.41, 5.74) is 23.8. The maximum atomic E-state index is 6.98. The molecule has 8 aromatic rings. The van der Waals surface area contributed by atoms with Crippen LogP contribution in [0.3, 0.4) is 0 Å². The standard InChI is InChI=1S/C82H82N4O4/c1-49-33-57(73-83-65(41-87-73)53-23-15-11-16-24-53)69-61(35-49)77(3,4)45-81(69)47-79(7,8)63-39-51(37-59(71(63)81)75-85-67(43-89-75)55-27-19-13-20-28-55)31-32-52-38-60(76-86-68(44-90-76)56-29-21-14-22-30-56)72-64(40-52)80(9,10)48-82(72)46-78(5,6)62-36-50(2)34-58(70(62)82)74-84-66(42-88-74)54-25-17-12-18-26-54/h11-30,33-40,65-68H,31-32,41-48H2,1-10H3/t65-,66-,67-,68-,81-,82+/m1/s1. The minimum Gasteiger partial charge on any atom is -0.475 e. The molecule has 0 aromatic heterocycles. The highest BCUT2D eigenvalue weighted by Gasteiger charge is 2.61. The quantitative estimate of drug-likeness (QED) is 0.129. The molecule has 90 heavy (non-hydrogen) atoms. The van der Waals surface area contributed by atoms with Crippen molar-refractivity contribution in [2.45, 2.75) is 164 Å².